The Hall–Kier alpha value is -2.98. The van der Waals surface area contributed by atoms with Crippen LogP contribution in [-0.2, 0) is 26.2 Å². The topological polar surface area (TPSA) is 96.0 Å². The van der Waals surface area contributed by atoms with Gasteiger partial charge in [-0.15, -0.1) is 0 Å². The predicted molar refractivity (Wildman–Crippen MR) is 154 cm³/mol. The van der Waals surface area contributed by atoms with E-state index >= 15 is 0 Å². The Morgan fingerprint density at radius 2 is 1.67 bits per heavy atom. The third kappa shape index (κ3) is 7.16. The van der Waals surface area contributed by atoms with Crippen molar-refractivity contribution < 1.29 is 22.7 Å². The van der Waals surface area contributed by atoms with Crippen molar-refractivity contribution >= 4 is 62.3 Å². The van der Waals surface area contributed by atoms with Crippen LogP contribution in [0, 0.1) is 0 Å². The van der Waals surface area contributed by atoms with Crippen LogP contribution >= 0.6 is 34.8 Å². The van der Waals surface area contributed by atoms with Gasteiger partial charge in [0, 0.05) is 18.6 Å². The zero-order valence-corrected chi connectivity index (χ0v) is 24.6. The first-order chi connectivity index (χ1) is 18.5. The summed E-state index contributed by atoms with van der Waals surface area (Å²) in [7, 11) is -1.41. The van der Waals surface area contributed by atoms with Crippen molar-refractivity contribution in [2.75, 3.05) is 25.0 Å². The standard InChI is InChI=1S/C27H28Cl3N3O5S/c1-4-23(27(35)31-2)32(16-18-10-12-21(29)22(30)14-18)26(34)17-33(24-15-19(28)11-13-25(24)38-3)39(36,37)20-8-6-5-7-9-20/h5-15,23H,4,16-17H2,1-3H3,(H,31,35). The number of carbonyl (C=O) groups is 2. The minimum atomic E-state index is -4.27. The van der Waals surface area contributed by atoms with Crippen LogP contribution in [0.1, 0.15) is 18.9 Å². The van der Waals surface area contributed by atoms with Gasteiger partial charge in [-0.05, 0) is 54.4 Å². The number of hydrogen-bond donors (Lipinski definition) is 1. The Labute approximate surface area is 243 Å². The second-order valence-electron chi connectivity index (χ2n) is 8.45. The molecule has 1 atom stereocenters. The van der Waals surface area contributed by atoms with E-state index in [1.165, 1.54) is 43.3 Å². The number of nitrogens with zero attached hydrogens (tertiary/aromatic N) is 2. The summed E-state index contributed by atoms with van der Waals surface area (Å²) >= 11 is 18.5. The van der Waals surface area contributed by atoms with Crippen molar-refractivity contribution in [1.82, 2.24) is 10.2 Å². The molecule has 39 heavy (non-hydrogen) atoms. The smallest absolute Gasteiger partial charge is 0.264 e. The summed E-state index contributed by atoms with van der Waals surface area (Å²) in [6.07, 6.45) is 0.276. The fraction of sp³-hybridized carbons (Fsp3) is 0.259. The van der Waals surface area contributed by atoms with E-state index in [0.717, 1.165) is 4.31 Å². The lowest BCUT2D eigenvalue weighted by atomic mass is 10.1. The molecule has 12 heteroatoms. The molecule has 208 valence electrons. The zero-order chi connectivity index (χ0) is 28.7. The summed E-state index contributed by atoms with van der Waals surface area (Å²) in [4.78, 5) is 28.1. The lowest BCUT2D eigenvalue weighted by molar-refractivity contribution is -0.140. The Kier molecular flexibility index (Phi) is 10.5. The van der Waals surface area contributed by atoms with Crippen LogP contribution in [0.25, 0.3) is 0 Å². The first kappa shape index (κ1) is 30.6. The van der Waals surface area contributed by atoms with E-state index < -0.39 is 34.4 Å². The molecule has 1 unspecified atom stereocenters. The molecule has 0 aliphatic heterocycles. The van der Waals surface area contributed by atoms with E-state index in [2.05, 4.69) is 5.32 Å². The summed E-state index contributed by atoms with van der Waals surface area (Å²) < 4.78 is 34.1. The van der Waals surface area contributed by atoms with Gasteiger partial charge in [-0.3, -0.25) is 13.9 Å². The molecule has 1 N–H and O–H groups in total. The Morgan fingerprint density at radius 1 is 0.974 bits per heavy atom. The van der Waals surface area contributed by atoms with Crippen LogP contribution in [0.5, 0.6) is 5.75 Å². The first-order valence-corrected chi connectivity index (χ1v) is 14.5. The Balaban J connectivity index is 2.13. The molecular formula is C27H28Cl3N3O5S. The van der Waals surface area contributed by atoms with Crippen LogP contribution in [0.15, 0.2) is 71.6 Å². The zero-order valence-electron chi connectivity index (χ0n) is 21.5. The molecule has 0 spiro atoms. The minimum absolute atomic E-state index is 0.0203. The number of hydrogen-bond acceptors (Lipinski definition) is 5. The molecule has 0 aliphatic rings. The van der Waals surface area contributed by atoms with Crippen molar-refractivity contribution in [1.29, 1.82) is 0 Å². The highest BCUT2D eigenvalue weighted by Crippen LogP contribution is 2.35. The lowest BCUT2D eigenvalue weighted by Gasteiger charge is -2.33. The van der Waals surface area contributed by atoms with Crippen molar-refractivity contribution in [2.45, 2.75) is 30.8 Å². The summed E-state index contributed by atoms with van der Waals surface area (Å²) in [6, 6.07) is 16.2. The molecule has 0 bridgehead atoms. The molecule has 2 amide bonds. The van der Waals surface area contributed by atoms with Gasteiger partial charge in [0.2, 0.25) is 11.8 Å². The average Bonchev–Trinajstić information content (AvgIpc) is 2.93. The normalized spacial score (nSPS) is 11.9. The Morgan fingerprint density at radius 3 is 2.26 bits per heavy atom. The summed E-state index contributed by atoms with van der Waals surface area (Å²) in [5.41, 5.74) is 0.683. The van der Waals surface area contributed by atoms with E-state index in [4.69, 9.17) is 39.5 Å². The number of benzene rings is 3. The SMILES string of the molecule is CCC(C(=O)NC)N(Cc1ccc(Cl)c(Cl)c1)C(=O)CN(c1cc(Cl)ccc1OC)S(=O)(=O)c1ccccc1. The number of rotatable bonds is 11. The van der Waals surface area contributed by atoms with Gasteiger partial charge in [0.25, 0.3) is 10.0 Å². The van der Waals surface area contributed by atoms with E-state index in [-0.39, 0.29) is 39.3 Å². The molecular weight excluding hydrogens is 585 g/mol. The van der Waals surface area contributed by atoms with Gasteiger partial charge in [-0.2, -0.15) is 0 Å². The summed E-state index contributed by atoms with van der Waals surface area (Å²) in [5.74, 6) is -0.831. The second kappa shape index (κ2) is 13.4. The van der Waals surface area contributed by atoms with E-state index in [0.29, 0.717) is 10.6 Å². The number of anilines is 1. The first-order valence-electron chi connectivity index (χ1n) is 11.9. The van der Waals surface area contributed by atoms with Gasteiger partial charge in [0.1, 0.15) is 18.3 Å². The van der Waals surface area contributed by atoms with Crippen molar-refractivity contribution in [3.05, 3.63) is 87.4 Å². The van der Waals surface area contributed by atoms with Crippen LogP contribution < -0.4 is 14.4 Å². The molecule has 0 saturated heterocycles. The van der Waals surface area contributed by atoms with Crippen molar-refractivity contribution in [2.24, 2.45) is 0 Å². The predicted octanol–water partition coefficient (Wildman–Crippen LogP) is 5.40. The third-order valence-corrected chi connectivity index (χ3v) is 8.74. The number of sulfonamides is 1. The number of likely N-dealkylation sites (N-methyl/N-ethyl adjacent to an activating group) is 1. The van der Waals surface area contributed by atoms with E-state index in [1.54, 1.807) is 49.4 Å². The van der Waals surface area contributed by atoms with Crippen molar-refractivity contribution in [3.63, 3.8) is 0 Å². The Bertz CT molecular complexity index is 1440. The van der Waals surface area contributed by atoms with Gasteiger partial charge in [-0.1, -0.05) is 66.0 Å². The van der Waals surface area contributed by atoms with Crippen LogP contribution in [0.2, 0.25) is 15.1 Å². The molecule has 0 saturated carbocycles. The number of ether oxygens (including phenoxy) is 1. The summed E-state index contributed by atoms with van der Waals surface area (Å²) in [5, 5.41) is 3.44. The molecule has 0 heterocycles. The van der Waals surface area contributed by atoms with Crippen molar-refractivity contribution in [3.8, 4) is 5.75 Å². The molecule has 0 radical (unpaired) electrons. The number of halogens is 3. The fourth-order valence-corrected chi connectivity index (χ4v) is 5.94. The number of amides is 2. The molecule has 3 aromatic carbocycles. The monoisotopic (exact) mass is 611 g/mol. The molecule has 0 aliphatic carbocycles. The van der Waals surface area contributed by atoms with Crippen LogP contribution in [-0.4, -0.2) is 51.9 Å². The van der Waals surface area contributed by atoms with Gasteiger partial charge in [0.05, 0.1) is 27.7 Å². The highest BCUT2D eigenvalue weighted by Gasteiger charge is 2.34. The van der Waals surface area contributed by atoms with E-state index in [9.17, 15) is 18.0 Å². The number of nitrogens with one attached hydrogen (secondary N) is 1. The number of carbonyl (C=O) groups excluding carboxylic acids is 2. The molecule has 3 aromatic rings. The molecule has 0 fully saturated rings. The van der Waals surface area contributed by atoms with E-state index in [1.807, 2.05) is 0 Å². The quantitative estimate of drug-likeness (QED) is 0.313. The number of methoxy groups -OCH3 is 1. The second-order valence-corrected chi connectivity index (χ2v) is 11.6. The van der Waals surface area contributed by atoms with Gasteiger partial charge in [-0.25, -0.2) is 8.42 Å². The van der Waals surface area contributed by atoms with Crippen LogP contribution in [0.3, 0.4) is 0 Å². The maximum atomic E-state index is 14.0. The maximum Gasteiger partial charge on any atom is 0.264 e. The van der Waals surface area contributed by atoms with Crippen LogP contribution in [0.4, 0.5) is 5.69 Å². The molecule has 3 rings (SSSR count). The molecule has 8 nitrogen and oxygen atoms in total. The highest BCUT2D eigenvalue weighted by atomic mass is 35.5. The van der Waals surface area contributed by atoms with Gasteiger partial charge >= 0.3 is 0 Å². The summed E-state index contributed by atoms with van der Waals surface area (Å²) in [6.45, 7) is 1.10. The highest BCUT2D eigenvalue weighted by molar-refractivity contribution is 7.92. The van der Waals surface area contributed by atoms with Gasteiger partial charge in [0.15, 0.2) is 0 Å². The average molecular weight is 613 g/mol. The minimum Gasteiger partial charge on any atom is -0.495 e. The largest absolute Gasteiger partial charge is 0.495 e. The molecule has 0 aromatic heterocycles. The fourth-order valence-electron chi connectivity index (χ4n) is 4.01. The lowest BCUT2D eigenvalue weighted by Crippen LogP contribution is -2.51. The maximum absolute atomic E-state index is 14.0. The van der Waals surface area contributed by atoms with Gasteiger partial charge < -0.3 is 15.0 Å². The third-order valence-electron chi connectivity index (χ3n) is 5.99.